The van der Waals surface area contributed by atoms with Gasteiger partial charge in [-0.15, -0.1) is 24.0 Å². The van der Waals surface area contributed by atoms with Crippen molar-refractivity contribution in [1.82, 2.24) is 30.7 Å². The van der Waals surface area contributed by atoms with E-state index in [2.05, 4.69) is 47.8 Å². The first-order valence-corrected chi connectivity index (χ1v) is 8.54. The number of aromatic nitrogens is 3. The molecule has 0 spiro atoms. The zero-order valence-electron chi connectivity index (χ0n) is 14.9. The number of guanidine groups is 1. The number of nitrogens with zero attached hydrogens (tertiary/aromatic N) is 4. The van der Waals surface area contributed by atoms with E-state index in [1.165, 1.54) is 6.33 Å². The van der Waals surface area contributed by atoms with Gasteiger partial charge < -0.3 is 15.4 Å². The van der Waals surface area contributed by atoms with Crippen molar-refractivity contribution in [3.63, 3.8) is 0 Å². The highest BCUT2D eigenvalue weighted by Gasteiger charge is 2.09. The maximum atomic E-state index is 5.36. The van der Waals surface area contributed by atoms with Crippen molar-refractivity contribution in [3.8, 4) is 11.4 Å². The molecule has 8 nitrogen and oxygen atoms in total. The Kier molecular flexibility index (Phi) is 8.78. The zero-order valence-corrected chi connectivity index (χ0v) is 17.3. The molecule has 3 N–H and O–H groups in total. The number of ether oxygens (including phenoxy) is 1. The van der Waals surface area contributed by atoms with Gasteiger partial charge in [0.15, 0.2) is 11.8 Å². The van der Waals surface area contributed by atoms with Gasteiger partial charge in [0.05, 0.1) is 13.2 Å². The molecule has 1 fully saturated rings. The number of nitrogens with one attached hydrogen (secondary N) is 3. The van der Waals surface area contributed by atoms with Crippen molar-refractivity contribution in [1.29, 1.82) is 0 Å². The molecule has 9 heteroatoms. The average Bonchev–Trinajstić information content (AvgIpc) is 3.20. The van der Waals surface area contributed by atoms with Gasteiger partial charge >= 0.3 is 0 Å². The summed E-state index contributed by atoms with van der Waals surface area (Å²) < 4.78 is 5.36. The second kappa shape index (κ2) is 11.1. The number of morpholine rings is 1. The molecule has 2 aromatic rings. The summed E-state index contributed by atoms with van der Waals surface area (Å²) in [5.74, 6) is 1.58. The molecule has 1 aromatic heterocycles. The molecule has 3 rings (SSSR count). The van der Waals surface area contributed by atoms with Crippen LogP contribution in [0, 0.1) is 0 Å². The van der Waals surface area contributed by atoms with Crippen molar-refractivity contribution in [2.75, 3.05) is 46.4 Å². The molecule has 0 radical (unpaired) electrons. The molecule has 0 atom stereocenters. The van der Waals surface area contributed by atoms with E-state index in [0.717, 1.165) is 62.3 Å². The lowest BCUT2D eigenvalue weighted by molar-refractivity contribution is 0.0389. The van der Waals surface area contributed by atoms with Crippen molar-refractivity contribution >= 4 is 29.9 Å². The summed E-state index contributed by atoms with van der Waals surface area (Å²) in [6, 6.07) is 8.20. The first-order valence-electron chi connectivity index (χ1n) is 8.54. The van der Waals surface area contributed by atoms with Crippen LogP contribution in [0.1, 0.15) is 5.56 Å². The highest BCUT2D eigenvalue weighted by molar-refractivity contribution is 14.0. The fourth-order valence-corrected chi connectivity index (χ4v) is 2.74. The molecular formula is C17H26IN7O. The van der Waals surface area contributed by atoms with Crippen LogP contribution in [0.5, 0.6) is 0 Å². The minimum absolute atomic E-state index is 0. The Morgan fingerprint density at radius 2 is 2.15 bits per heavy atom. The summed E-state index contributed by atoms with van der Waals surface area (Å²) in [7, 11) is 1.79. The number of rotatable bonds is 6. The van der Waals surface area contributed by atoms with Gasteiger partial charge in [0.1, 0.15) is 6.33 Å². The van der Waals surface area contributed by atoms with Crippen LogP contribution >= 0.6 is 24.0 Å². The van der Waals surface area contributed by atoms with Crippen LogP contribution in [0.4, 0.5) is 0 Å². The van der Waals surface area contributed by atoms with E-state index >= 15 is 0 Å². The molecular weight excluding hydrogens is 445 g/mol. The minimum Gasteiger partial charge on any atom is -0.379 e. The van der Waals surface area contributed by atoms with Crippen molar-refractivity contribution in [3.05, 3.63) is 36.2 Å². The third kappa shape index (κ3) is 6.22. The zero-order chi connectivity index (χ0) is 17.3. The number of halogens is 1. The SMILES string of the molecule is CN=C(NCCN1CCOCC1)NCc1cccc(-c2ncn[nH]2)c1.I. The molecule has 0 saturated carbocycles. The van der Waals surface area contributed by atoms with Gasteiger partial charge in [0, 0.05) is 45.3 Å². The van der Waals surface area contributed by atoms with E-state index in [9.17, 15) is 0 Å². The van der Waals surface area contributed by atoms with E-state index < -0.39 is 0 Å². The van der Waals surface area contributed by atoms with Gasteiger partial charge in [-0.3, -0.25) is 15.0 Å². The first kappa shape index (κ1) is 20.6. The molecule has 1 aliphatic rings. The van der Waals surface area contributed by atoms with Gasteiger partial charge in [-0.25, -0.2) is 4.98 Å². The molecule has 0 aliphatic carbocycles. The van der Waals surface area contributed by atoms with E-state index in [4.69, 9.17) is 4.74 Å². The van der Waals surface area contributed by atoms with E-state index in [-0.39, 0.29) is 24.0 Å². The van der Waals surface area contributed by atoms with Crippen LogP contribution in [0.15, 0.2) is 35.6 Å². The van der Waals surface area contributed by atoms with Crippen LogP contribution in [0.25, 0.3) is 11.4 Å². The Morgan fingerprint density at radius 3 is 2.88 bits per heavy atom. The Labute approximate surface area is 170 Å². The van der Waals surface area contributed by atoms with Crippen LogP contribution in [-0.4, -0.2) is 72.5 Å². The number of hydrogen-bond donors (Lipinski definition) is 3. The lowest BCUT2D eigenvalue weighted by Gasteiger charge is -2.26. The normalized spacial score (nSPS) is 15.3. The van der Waals surface area contributed by atoms with Gasteiger partial charge in [-0.1, -0.05) is 18.2 Å². The molecule has 0 bridgehead atoms. The summed E-state index contributed by atoms with van der Waals surface area (Å²) in [5.41, 5.74) is 2.18. The minimum atomic E-state index is 0. The van der Waals surface area contributed by atoms with Crippen LogP contribution in [0.3, 0.4) is 0 Å². The number of H-pyrrole nitrogens is 1. The van der Waals surface area contributed by atoms with E-state index in [1.54, 1.807) is 7.05 Å². The monoisotopic (exact) mass is 471 g/mol. The van der Waals surface area contributed by atoms with Gasteiger partial charge in [-0.2, -0.15) is 5.10 Å². The highest BCUT2D eigenvalue weighted by Crippen LogP contribution is 2.15. The Morgan fingerprint density at radius 1 is 1.31 bits per heavy atom. The number of aliphatic imine (C=N–C) groups is 1. The van der Waals surface area contributed by atoms with Crippen molar-refractivity contribution < 1.29 is 4.74 Å². The second-order valence-electron chi connectivity index (χ2n) is 5.84. The summed E-state index contributed by atoms with van der Waals surface area (Å²) in [4.78, 5) is 10.9. The molecule has 142 valence electrons. The van der Waals surface area contributed by atoms with Crippen molar-refractivity contribution in [2.24, 2.45) is 4.99 Å². The average molecular weight is 471 g/mol. The molecule has 1 aromatic carbocycles. The molecule has 2 heterocycles. The first-order chi connectivity index (χ1) is 12.3. The Bertz CT molecular complexity index is 672. The molecule has 1 saturated heterocycles. The predicted octanol–water partition coefficient (Wildman–Crippen LogP) is 1.09. The molecule has 0 amide bonds. The summed E-state index contributed by atoms with van der Waals surface area (Å²) in [5, 5.41) is 13.5. The Hall–Kier alpha value is -1.72. The molecule has 1 aliphatic heterocycles. The maximum Gasteiger partial charge on any atom is 0.191 e. The van der Waals surface area contributed by atoms with Crippen LogP contribution in [-0.2, 0) is 11.3 Å². The lowest BCUT2D eigenvalue weighted by atomic mass is 10.1. The van der Waals surface area contributed by atoms with Gasteiger partial charge in [-0.05, 0) is 11.6 Å². The van der Waals surface area contributed by atoms with Gasteiger partial charge in [0.2, 0.25) is 0 Å². The summed E-state index contributed by atoms with van der Waals surface area (Å²) >= 11 is 0. The third-order valence-corrected chi connectivity index (χ3v) is 4.12. The topological polar surface area (TPSA) is 90.5 Å². The lowest BCUT2D eigenvalue weighted by Crippen LogP contribution is -2.44. The number of hydrogen-bond acceptors (Lipinski definition) is 5. The quantitative estimate of drug-likeness (QED) is 0.332. The van der Waals surface area contributed by atoms with Crippen LogP contribution < -0.4 is 10.6 Å². The Balaban J connectivity index is 0.00000243. The third-order valence-electron chi connectivity index (χ3n) is 4.12. The van der Waals surface area contributed by atoms with E-state index in [0.29, 0.717) is 6.54 Å². The van der Waals surface area contributed by atoms with Gasteiger partial charge in [0.25, 0.3) is 0 Å². The fourth-order valence-electron chi connectivity index (χ4n) is 2.74. The predicted molar refractivity (Wildman–Crippen MR) is 113 cm³/mol. The van der Waals surface area contributed by atoms with Crippen molar-refractivity contribution in [2.45, 2.75) is 6.54 Å². The van der Waals surface area contributed by atoms with Crippen LogP contribution in [0.2, 0.25) is 0 Å². The summed E-state index contributed by atoms with van der Waals surface area (Å²) in [6.45, 7) is 6.20. The number of aromatic amines is 1. The standard InChI is InChI=1S/C17H25N7O.HI/c1-18-17(19-5-6-24-7-9-25-10-8-24)20-12-14-3-2-4-15(11-14)16-21-13-22-23-16;/h2-4,11,13H,5-10,12H2,1H3,(H2,18,19,20)(H,21,22,23);1H. The smallest absolute Gasteiger partial charge is 0.191 e. The number of benzene rings is 1. The second-order valence-corrected chi connectivity index (χ2v) is 5.84. The summed E-state index contributed by atoms with van der Waals surface area (Å²) in [6.07, 6.45) is 1.51. The fraction of sp³-hybridized carbons (Fsp3) is 0.471. The molecule has 0 unspecified atom stereocenters. The highest BCUT2D eigenvalue weighted by atomic mass is 127. The van der Waals surface area contributed by atoms with E-state index in [1.807, 2.05) is 12.1 Å². The molecule has 26 heavy (non-hydrogen) atoms. The maximum absolute atomic E-state index is 5.36. The largest absolute Gasteiger partial charge is 0.379 e.